The first kappa shape index (κ1) is 14.4. The van der Waals surface area contributed by atoms with E-state index in [0.29, 0.717) is 34.4 Å². The van der Waals surface area contributed by atoms with Gasteiger partial charge in [-0.05, 0) is 44.2 Å². The zero-order valence-corrected chi connectivity index (χ0v) is 12.1. The summed E-state index contributed by atoms with van der Waals surface area (Å²) in [6, 6.07) is 12.3. The van der Waals surface area contributed by atoms with Crippen LogP contribution in [0.3, 0.4) is 0 Å². The lowest BCUT2D eigenvalue weighted by Crippen LogP contribution is -1.96. The van der Waals surface area contributed by atoms with Gasteiger partial charge in [-0.1, -0.05) is 23.7 Å². The largest absolute Gasteiger partial charge is 0.490 e. The van der Waals surface area contributed by atoms with E-state index in [1.807, 2.05) is 25.1 Å². The average Bonchev–Trinajstić information content (AvgIpc) is 2.43. The molecule has 0 radical (unpaired) electrons. The molecule has 2 rings (SSSR count). The Morgan fingerprint density at radius 3 is 2.40 bits per heavy atom. The van der Waals surface area contributed by atoms with Gasteiger partial charge in [0.2, 0.25) is 0 Å². The lowest BCUT2D eigenvalue weighted by Gasteiger charge is -2.12. The van der Waals surface area contributed by atoms with Gasteiger partial charge in [0.15, 0.2) is 17.3 Å². The predicted octanol–water partition coefficient (Wildman–Crippen LogP) is 4.73. The standard InChI is InChI=1S/C16H15ClO3/c1-3-19-15-6-4-5-7-16(15)20-14-9-8-12(11(2)18)10-13(14)17/h4-10H,3H2,1-2H3. The molecule has 0 saturated heterocycles. The third-order valence-electron chi connectivity index (χ3n) is 2.71. The average molecular weight is 291 g/mol. The molecule has 2 aromatic carbocycles. The summed E-state index contributed by atoms with van der Waals surface area (Å²) in [7, 11) is 0. The van der Waals surface area contributed by atoms with Crippen LogP contribution in [0.4, 0.5) is 0 Å². The van der Waals surface area contributed by atoms with E-state index in [9.17, 15) is 4.79 Å². The summed E-state index contributed by atoms with van der Waals surface area (Å²) in [6.45, 7) is 3.96. The monoisotopic (exact) mass is 290 g/mol. The molecule has 4 heteroatoms. The number of rotatable bonds is 5. The Balaban J connectivity index is 2.28. The first-order chi connectivity index (χ1) is 9.61. The summed E-state index contributed by atoms with van der Waals surface area (Å²) in [4.78, 5) is 11.3. The number of ether oxygens (including phenoxy) is 2. The fourth-order valence-corrected chi connectivity index (χ4v) is 1.95. The number of carbonyl (C=O) groups is 1. The zero-order valence-electron chi connectivity index (χ0n) is 11.4. The van der Waals surface area contributed by atoms with Gasteiger partial charge < -0.3 is 9.47 Å². The molecule has 2 aromatic rings. The number of benzene rings is 2. The molecule has 20 heavy (non-hydrogen) atoms. The molecule has 0 spiro atoms. The molecule has 0 bridgehead atoms. The van der Waals surface area contributed by atoms with Gasteiger partial charge in [-0.15, -0.1) is 0 Å². The van der Waals surface area contributed by atoms with Gasteiger partial charge in [-0.2, -0.15) is 0 Å². The number of para-hydroxylation sites is 2. The molecule has 3 nitrogen and oxygen atoms in total. The van der Waals surface area contributed by atoms with Crippen LogP contribution >= 0.6 is 11.6 Å². The Kier molecular flexibility index (Phi) is 4.64. The topological polar surface area (TPSA) is 35.5 Å². The van der Waals surface area contributed by atoms with Crippen molar-refractivity contribution < 1.29 is 14.3 Å². The molecule has 0 aromatic heterocycles. The summed E-state index contributed by atoms with van der Waals surface area (Å²) >= 11 is 6.13. The third kappa shape index (κ3) is 3.31. The third-order valence-corrected chi connectivity index (χ3v) is 3.00. The first-order valence-corrected chi connectivity index (χ1v) is 6.69. The van der Waals surface area contributed by atoms with Crippen LogP contribution in [0, 0.1) is 0 Å². The maximum absolute atomic E-state index is 11.3. The molecular formula is C16H15ClO3. The Morgan fingerprint density at radius 2 is 1.80 bits per heavy atom. The summed E-state index contributed by atoms with van der Waals surface area (Å²) in [5.74, 6) is 1.70. The quantitative estimate of drug-likeness (QED) is 0.747. The molecular weight excluding hydrogens is 276 g/mol. The van der Waals surface area contributed by atoms with Gasteiger partial charge in [-0.3, -0.25) is 4.79 Å². The van der Waals surface area contributed by atoms with E-state index in [-0.39, 0.29) is 5.78 Å². The molecule has 0 saturated carbocycles. The SMILES string of the molecule is CCOc1ccccc1Oc1ccc(C(C)=O)cc1Cl. The van der Waals surface area contributed by atoms with Crippen LogP contribution in [0.2, 0.25) is 5.02 Å². The second-order valence-electron chi connectivity index (χ2n) is 4.18. The molecule has 104 valence electrons. The number of Topliss-reactive ketones (excluding diaryl/α,β-unsaturated/α-hetero) is 1. The van der Waals surface area contributed by atoms with Gasteiger partial charge >= 0.3 is 0 Å². The molecule has 0 amide bonds. The van der Waals surface area contributed by atoms with Crippen molar-refractivity contribution in [3.8, 4) is 17.2 Å². The van der Waals surface area contributed by atoms with Crippen LogP contribution in [0.15, 0.2) is 42.5 Å². The normalized spacial score (nSPS) is 10.2. The van der Waals surface area contributed by atoms with Crippen LogP contribution in [-0.4, -0.2) is 12.4 Å². The van der Waals surface area contributed by atoms with Crippen molar-refractivity contribution in [1.29, 1.82) is 0 Å². The van der Waals surface area contributed by atoms with Crippen LogP contribution in [0.5, 0.6) is 17.2 Å². The van der Waals surface area contributed by atoms with Crippen LogP contribution < -0.4 is 9.47 Å². The molecule has 0 N–H and O–H groups in total. The molecule has 0 aliphatic carbocycles. The van der Waals surface area contributed by atoms with Gasteiger partial charge in [0.25, 0.3) is 0 Å². The van der Waals surface area contributed by atoms with Crippen molar-refractivity contribution in [2.45, 2.75) is 13.8 Å². The maximum atomic E-state index is 11.3. The van der Waals surface area contributed by atoms with Crippen LogP contribution in [0.1, 0.15) is 24.2 Å². The Bertz CT molecular complexity index is 623. The predicted molar refractivity (Wildman–Crippen MR) is 79.1 cm³/mol. The molecule has 0 aliphatic rings. The fraction of sp³-hybridized carbons (Fsp3) is 0.188. The van der Waals surface area contributed by atoms with E-state index in [1.165, 1.54) is 6.92 Å². The van der Waals surface area contributed by atoms with E-state index in [2.05, 4.69) is 0 Å². The minimum absolute atomic E-state index is 0.0341. The summed E-state index contributed by atoms with van der Waals surface area (Å²) in [5.41, 5.74) is 0.556. The lowest BCUT2D eigenvalue weighted by molar-refractivity contribution is 0.101. The second-order valence-corrected chi connectivity index (χ2v) is 4.59. The Hall–Kier alpha value is -2.00. The Labute approximate surface area is 123 Å². The number of hydrogen-bond acceptors (Lipinski definition) is 3. The first-order valence-electron chi connectivity index (χ1n) is 6.32. The number of carbonyl (C=O) groups excluding carboxylic acids is 1. The highest BCUT2D eigenvalue weighted by Crippen LogP contribution is 2.35. The Morgan fingerprint density at radius 1 is 1.10 bits per heavy atom. The van der Waals surface area contributed by atoms with Gasteiger partial charge in [0.1, 0.15) is 5.75 Å². The highest BCUT2D eigenvalue weighted by molar-refractivity contribution is 6.32. The van der Waals surface area contributed by atoms with Gasteiger partial charge in [-0.25, -0.2) is 0 Å². The van der Waals surface area contributed by atoms with Crippen molar-refractivity contribution in [2.75, 3.05) is 6.61 Å². The summed E-state index contributed by atoms with van der Waals surface area (Å²) in [6.07, 6.45) is 0. The van der Waals surface area contributed by atoms with Crippen LogP contribution in [-0.2, 0) is 0 Å². The van der Waals surface area contributed by atoms with E-state index in [0.717, 1.165) is 0 Å². The van der Waals surface area contributed by atoms with Crippen molar-refractivity contribution >= 4 is 17.4 Å². The minimum Gasteiger partial charge on any atom is -0.490 e. The lowest BCUT2D eigenvalue weighted by atomic mass is 10.1. The maximum Gasteiger partial charge on any atom is 0.169 e. The summed E-state index contributed by atoms with van der Waals surface area (Å²) < 4.78 is 11.2. The van der Waals surface area contributed by atoms with Crippen molar-refractivity contribution in [3.63, 3.8) is 0 Å². The van der Waals surface area contributed by atoms with Crippen molar-refractivity contribution in [2.24, 2.45) is 0 Å². The van der Waals surface area contributed by atoms with E-state index in [4.69, 9.17) is 21.1 Å². The number of hydrogen-bond donors (Lipinski definition) is 0. The highest BCUT2D eigenvalue weighted by Gasteiger charge is 2.10. The fourth-order valence-electron chi connectivity index (χ4n) is 1.73. The zero-order chi connectivity index (χ0) is 14.5. The van der Waals surface area contributed by atoms with Crippen LogP contribution in [0.25, 0.3) is 0 Å². The molecule has 0 fully saturated rings. The molecule has 0 aliphatic heterocycles. The number of halogens is 1. The number of ketones is 1. The minimum atomic E-state index is -0.0341. The van der Waals surface area contributed by atoms with Gasteiger partial charge in [0.05, 0.1) is 11.6 Å². The van der Waals surface area contributed by atoms with E-state index >= 15 is 0 Å². The smallest absolute Gasteiger partial charge is 0.169 e. The molecule has 0 unspecified atom stereocenters. The highest BCUT2D eigenvalue weighted by atomic mass is 35.5. The molecule has 0 heterocycles. The van der Waals surface area contributed by atoms with E-state index < -0.39 is 0 Å². The van der Waals surface area contributed by atoms with Crippen molar-refractivity contribution in [1.82, 2.24) is 0 Å². The van der Waals surface area contributed by atoms with Gasteiger partial charge in [0, 0.05) is 5.56 Å². The second kappa shape index (κ2) is 6.44. The summed E-state index contributed by atoms with van der Waals surface area (Å²) in [5, 5.41) is 0.393. The van der Waals surface area contributed by atoms with E-state index in [1.54, 1.807) is 24.3 Å². The van der Waals surface area contributed by atoms with Crippen molar-refractivity contribution in [3.05, 3.63) is 53.1 Å². The molecule has 0 atom stereocenters.